The largest absolute Gasteiger partial charge is 0.340 e. The monoisotopic (exact) mass is 413 g/mol. The molecule has 1 aliphatic carbocycles. The Morgan fingerprint density at radius 3 is 2.70 bits per heavy atom. The predicted octanol–water partition coefficient (Wildman–Crippen LogP) is 6.06. The van der Waals surface area contributed by atoms with Crippen LogP contribution in [-0.4, -0.2) is 19.9 Å². The number of aromatic nitrogens is 4. The number of halogens is 1. The number of pyridine rings is 3. The number of rotatable bonds is 4. The van der Waals surface area contributed by atoms with Crippen molar-refractivity contribution in [3.05, 3.63) is 71.9 Å². The molecule has 0 saturated heterocycles. The van der Waals surface area contributed by atoms with E-state index in [0.29, 0.717) is 22.9 Å². The zero-order valence-electron chi connectivity index (χ0n) is 15.8. The van der Waals surface area contributed by atoms with E-state index in [1.807, 2.05) is 36.4 Å². The van der Waals surface area contributed by atoms with Crippen molar-refractivity contribution >= 4 is 44.0 Å². The van der Waals surface area contributed by atoms with Crippen LogP contribution < -0.4 is 5.32 Å². The molecule has 1 N–H and O–H groups in total. The van der Waals surface area contributed by atoms with Crippen molar-refractivity contribution in [1.29, 1.82) is 0 Å². The van der Waals surface area contributed by atoms with Gasteiger partial charge in [-0.2, -0.15) is 0 Å². The Morgan fingerprint density at radius 2 is 1.87 bits per heavy atom. The summed E-state index contributed by atoms with van der Waals surface area (Å²) >= 11 is 1.58. The van der Waals surface area contributed by atoms with Crippen LogP contribution in [0.1, 0.15) is 23.8 Å². The molecule has 1 fully saturated rings. The molecule has 0 unspecified atom stereocenters. The first-order valence-electron chi connectivity index (χ1n) is 9.78. The molecule has 1 aliphatic rings. The van der Waals surface area contributed by atoms with Crippen LogP contribution in [0.5, 0.6) is 0 Å². The van der Waals surface area contributed by atoms with Crippen LogP contribution >= 0.6 is 11.3 Å². The number of nitrogens with zero attached hydrogens (tertiary/aromatic N) is 4. The Morgan fingerprint density at radius 1 is 1.00 bits per heavy atom. The smallest absolute Gasteiger partial charge is 0.152 e. The highest BCUT2D eigenvalue weighted by Crippen LogP contribution is 2.44. The van der Waals surface area contributed by atoms with Crippen molar-refractivity contribution in [2.24, 2.45) is 0 Å². The lowest BCUT2D eigenvalue weighted by Crippen LogP contribution is -1.98. The minimum absolute atomic E-state index is 0.314. The van der Waals surface area contributed by atoms with E-state index in [-0.39, 0.29) is 5.82 Å². The molecule has 1 saturated carbocycles. The number of benzene rings is 1. The summed E-state index contributed by atoms with van der Waals surface area (Å²) in [5.41, 5.74) is 3.64. The maximum absolute atomic E-state index is 14.8. The van der Waals surface area contributed by atoms with Crippen LogP contribution in [0.4, 0.5) is 15.9 Å². The van der Waals surface area contributed by atoms with E-state index < -0.39 is 0 Å². The third kappa shape index (κ3) is 3.07. The molecule has 5 aromatic rings. The molecule has 4 heterocycles. The third-order valence-electron chi connectivity index (χ3n) is 5.23. The SMILES string of the molecule is Fc1cc(Nc2nc(-c3ccncc3)cc3ncccc23)cc2sc(C3CC3)nc12. The summed E-state index contributed by atoms with van der Waals surface area (Å²) in [6.07, 6.45) is 7.52. The summed E-state index contributed by atoms with van der Waals surface area (Å²) in [6, 6.07) is 13.0. The second-order valence-corrected chi connectivity index (χ2v) is 8.48. The molecule has 0 atom stereocenters. The van der Waals surface area contributed by atoms with Crippen LogP contribution in [0.3, 0.4) is 0 Å². The van der Waals surface area contributed by atoms with Gasteiger partial charge in [-0.15, -0.1) is 11.3 Å². The molecule has 7 heteroatoms. The molecule has 0 bridgehead atoms. The molecular weight excluding hydrogens is 397 g/mol. The number of thiazole rings is 1. The lowest BCUT2D eigenvalue weighted by atomic mass is 10.1. The average Bonchev–Trinajstić information content (AvgIpc) is 3.53. The lowest BCUT2D eigenvalue weighted by Gasteiger charge is -2.11. The lowest BCUT2D eigenvalue weighted by molar-refractivity contribution is 0.637. The first-order chi connectivity index (χ1) is 14.7. The quantitative estimate of drug-likeness (QED) is 0.388. The maximum atomic E-state index is 14.8. The Bertz CT molecular complexity index is 1400. The number of hydrogen-bond donors (Lipinski definition) is 1. The summed E-state index contributed by atoms with van der Waals surface area (Å²) in [5.74, 6) is 0.830. The number of fused-ring (bicyclic) bond motifs is 2. The molecule has 5 nitrogen and oxygen atoms in total. The van der Waals surface area contributed by atoms with Gasteiger partial charge < -0.3 is 5.32 Å². The molecule has 0 amide bonds. The highest BCUT2D eigenvalue weighted by molar-refractivity contribution is 7.18. The van der Waals surface area contributed by atoms with Gasteiger partial charge in [-0.3, -0.25) is 9.97 Å². The van der Waals surface area contributed by atoms with Crippen molar-refractivity contribution in [2.75, 3.05) is 5.32 Å². The summed E-state index contributed by atoms with van der Waals surface area (Å²) < 4.78 is 15.6. The first kappa shape index (κ1) is 17.4. The molecular formula is C23H16FN5S. The van der Waals surface area contributed by atoms with Crippen LogP contribution in [0.15, 0.2) is 61.1 Å². The second-order valence-electron chi connectivity index (χ2n) is 7.42. The molecule has 1 aromatic carbocycles. The molecule has 6 rings (SSSR count). The average molecular weight is 413 g/mol. The van der Waals surface area contributed by atoms with Gasteiger partial charge in [-0.25, -0.2) is 14.4 Å². The van der Waals surface area contributed by atoms with Crippen molar-refractivity contribution in [1.82, 2.24) is 19.9 Å². The highest BCUT2D eigenvalue weighted by atomic mass is 32.1. The molecule has 4 aromatic heterocycles. The van der Waals surface area contributed by atoms with E-state index in [4.69, 9.17) is 4.98 Å². The van der Waals surface area contributed by atoms with Gasteiger partial charge in [-0.05, 0) is 55.3 Å². The van der Waals surface area contributed by atoms with Gasteiger partial charge in [0, 0.05) is 41.1 Å². The fraction of sp³-hybridized carbons (Fsp3) is 0.130. The van der Waals surface area contributed by atoms with Crippen molar-refractivity contribution in [3.63, 3.8) is 0 Å². The van der Waals surface area contributed by atoms with Crippen LogP contribution in [0.25, 0.3) is 32.4 Å². The Labute approximate surface area is 175 Å². The van der Waals surface area contributed by atoms with Crippen molar-refractivity contribution in [2.45, 2.75) is 18.8 Å². The van der Waals surface area contributed by atoms with E-state index in [0.717, 1.165) is 44.7 Å². The van der Waals surface area contributed by atoms with Crippen molar-refractivity contribution < 1.29 is 4.39 Å². The summed E-state index contributed by atoms with van der Waals surface area (Å²) in [4.78, 5) is 17.9. The molecule has 0 aliphatic heterocycles. The predicted molar refractivity (Wildman–Crippen MR) is 118 cm³/mol. The fourth-order valence-corrected chi connectivity index (χ4v) is 4.75. The molecule has 146 valence electrons. The van der Waals surface area contributed by atoms with E-state index in [2.05, 4.69) is 20.3 Å². The number of nitrogens with one attached hydrogen (secondary N) is 1. The van der Waals surface area contributed by atoms with Crippen LogP contribution in [0.2, 0.25) is 0 Å². The molecule has 30 heavy (non-hydrogen) atoms. The van der Waals surface area contributed by atoms with Gasteiger partial charge in [0.2, 0.25) is 0 Å². The highest BCUT2D eigenvalue weighted by Gasteiger charge is 2.27. The summed E-state index contributed by atoms with van der Waals surface area (Å²) in [7, 11) is 0. The van der Waals surface area contributed by atoms with Crippen molar-refractivity contribution in [3.8, 4) is 11.3 Å². The first-order valence-corrected chi connectivity index (χ1v) is 10.6. The zero-order chi connectivity index (χ0) is 20.1. The normalized spacial score (nSPS) is 13.8. The Kier molecular flexibility index (Phi) is 3.95. The second kappa shape index (κ2) is 6.81. The topological polar surface area (TPSA) is 63.6 Å². The molecule has 0 spiro atoms. The van der Waals surface area contributed by atoms with Crippen LogP contribution in [-0.2, 0) is 0 Å². The summed E-state index contributed by atoms with van der Waals surface area (Å²) in [6.45, 7) is 0. The Balaban J connectivity index is 1.46. The van der Waals surface area contributed by atoms with Gasteiger partial charge in [0.05, 0.1) is 20.9 Å². The Hall–Kier alpha value is -3.45. The minimum atomic E-state index is -0.314. The van der Waals surface area contributed by atoms with Gasteiger partial charge in [0.1, 0.15) is 11.3 Å². The van der Waals surface area contributed by atoms with Crippen LogP contribution in [0, 0.1) is 5.82 Å². The van der Waals surface area contributed by atoms with E-state index >= 15 is 0 Å². The zero-order valence-corrected chi connectivity index (χ0v) is 16.7. The number of hydrogen-bond acceptors (Lipinski definition) is 6. The maximum Gasteiger partial charge on any atom is 0.152 e. The number of anilines is 2. The molecule has 0 radical (unpaired) electrons. The van der Waals surface area contributed by atoms with E-state index in [1.54, 1.807) is 29.9 Å². The van der Waals surface area contributed by atoms with E-state index in [9.17, 15) is 4.39 Å². The minimum Gasteiger partial charge on any atom is -0.340 e. The van der Waals surface area contributed by atoms with Gasteiger partial charge in [0.15, 0.2) is 5.82 Å². The standard InChI is InChI=1S/C23H16FN5S/c24-17-10-15(11-20-21(17)29-23(30-20)14-3-4-14)27-22-16-2-1-7-26-19(16)12-18(28-22)13-5-8-25-9-6-13/h1-2,5-12,14H,3-4H2,(H,27,28). The summed E-state index contributed by atoms with van der Waals surface area (Å²) in [5, 5.41) is 5.23. The third-order valence-corrected chi connectivity index (χ3v) is 6.39. The van der Waals surface area contributed by atoms with Gasteiger partial charge in [-0.1, -0.05) is 0 Å². The van der Waals surface area contributed by atoms with E-state index in [1.165, 1.54) is 6.07 Å². The van der Waals surface area contributed by atoms with Gasteiger partial charge in [0.25, 0.3) is 0 Å². The fourth-order valence-electron chi connectivity index (χ4n) is 3.56. The van der Waals surface area contributed by atoms with Gasteiger partial charge >= 0.3 is 0 Å².